The zero-order valence-electron chi connectivity index (χ0n) is 13.0. The van der Waals surface area contributed by atoms with Crippen LogP contribution in [0.5, 0.6) is 5.06 Å². The van der Waals surface area contributed by atoms with Gasteiger partial charge in [0.15, 0.2) is 5.06 Å². The van der Waals surface area contributed by atoms with Gasteiger partial charge in [-0.1, -0.05) is 40.7 Å². The van der Waals surface area contributed by atoms with Crippen LogP contribution < -0.4 is 4.74 Å². The van der Waals surface area contributed by atoms with Gasteiger partial charge in [-0.3, -0.25) is 0 Å². The lowest BCUT2D eigenvalue weighted by molar-refractivity contribution is 0.269. The van der Waals surface area contributed by atoms with Crippen molar-refractivity contribution in [2.75, 3.05) is 6.61 Å². The minimum Gasteiger partial charge on any atom is -0.483 e. The van der Waals surface area contributed by atoms with Crippen molar-refractivity contribution in [1.29, 1.82) is 0 Å². The summed E-state index contributed by atoms with van der Waals surface area (Å²) in [5, 5.41) is 12.1. The van der Waals surface area contributed by atoms with Crippen molar-refractivity contribution in [3.8, 4) is 5.06 Å². The molecule has 2 heterocycles. The second kappa shape index (κ2) is 8.34. The van der Waals surface area contributed by atoms with Gasteiger partial charge in [-0.25, -0.2) is 0 Å². The van der Waals surface area contributed by atoms with E-state index in [1.165, 1.54) is 41.9 Å². The number of rotatable bonds is 8. The van der Waals surface area contributed by atoms with Crippen molar-refractivity contribution in [3.05, 3.63) is 50.0 Å². The SMILES string of the molecule is OCc1cc(OC[C@H]2CCC=C2CCCc2cccs2)sc1Cl. The molecule has 1 N–H and O–H groups in total. The van der Waals surface area contributed by atoms with Crippen LogP contribution in [0, 0.1) is 5.92 Å². The van der Waals surface area contributed by atoms with E-state index in [1.54, 1.807) is 5.57 Å². The van der Waals surface area contributed by atoms with Crippen molar-refractivity contribution in [3.63, 3.8) is 0 Å². The van der Waals surface area contributed by atoms with E-state index >= 15 is 0 Å². The van der Waals surface area contributed by atoms with Gasteiger partial charge in [-0.2, -0.15) is 0 Å². The van der Waals surface area contributed by atoms with Crippen LogP contribution in [0.2, 0.25) is 4.34 Å². The molecule has 2 aromatic rings. The average Bonchev–Trinajstić information content (AvgIpc) is 3.27. The summed E-state index contributed by atoms with van der Waals surface area (Å²) in [5.41, 5.74) is 2.30. The van der Waals surface area contributed by atoms with Gasteiger partial charge in [0.1, 0.15) is 4.34 Å². The monoisotopic (exact) mass is 368 g/mol. The molecule has 0 spiro atoms. The Hall–Kier alpha value is -0.810. The predicted molar refractivity (Wildman–Crippen MR) is 98.8 cm³/mol. The van der Waals surface area contributed by atoms with Crippen molar-refractivity contribution >= 4 is 34.3 Å². The van der Waals surface area contributed by atoms with E-state index in [0.717, 1.165) is 17.0 Å². The number of hydrogen-bond donors (Lipinski definition) is 1. The fraction of sp³-hybridized carbons (Fsp3) is 0.444. The predicted octanol–water partition coefficient (Wildman–Crippen LogP) is 5.69. The molecule has 124 valence electrons. The standard InChI is InChI=1S/C18H21ClO2S2/c19-18-15(11-20)10-17(23-18)21-12-14-6-1-4-13(14)5-2-7-16-8-3-9-22-16/h3-4,8-10,14,20H,1-2,5-7,11-12H2/t14-/m1/s1. The lowest BCUT2D eigenvalue weighted by Gasteiger charge is -2.15. The smallest absolute Gasteiger partial charge is 0.175 e. The number of aliphatic hydroxyl groups is 1. The lowest BCUT2D eigenvalue weighted by atomic mass is 9.97. The van der Waals surface area contributed by atoms with Gasteiger partial charge >= 0.3 is 0 Å². The zero-order valence-corrected chi connectivity index (χ0v) is 15.4. The third-order valence-corrected chi connectivity index (χ3v) is 6.54. The first-order chi connectivity index (χ1) is 11.3. The number of allylic oxidation sites excluding steroid dienone is 1. The Balaban J connectivity index is 1.46. The van der Waals surface area contributed by atoms with E-state index in [1.807, 2.05) is 17.4 Å². The number of halogens is 1. The number of aryl methyl sites for hydroxylation is 1. The molecule has 5 heteroatoms. The van der Waals surface area contributed by atoms with Gasteiger partial charge in [0.2, 0.25) is 0 Å². The maximum absolute atomic E-state index is 9.19. The molecule has 23 heavy (non-hydrogen) atoms. The van der Waals surface area contributed by atoms with Crippen LogP contribution in [0.15, 0.2) is 35.2 Å². The molecule has 1 atom stereocenters. The molecule has 0 radical (unpaired) electrons. The highest BCUT2D eigenvalue weighted by molar-refractivity contribution is 7.18. The first-order valence-electron chi connectivity index (χ1n) is 7.99. The van der Waals surface area contributed by atoms with Crippen LogP contribution >= 0.6 is 34.3 Å². The highest BCUT2D eigenvalue weighted by atomic mass is 35.5. The molecule has 2 nitrogen and oxygen atoms in total. The molecule has 0 amide bonds. The number of thiophene rings is 2. The summed E-state index contributed by atoms with van der Waals surface area (Å²) in [6.07, 6.45) is 8.28. The van der Waals surface area contributed by atoms with E-state index in [-0.39, 0.29) is 6.61 Å². The topological polar surface area (TPSA) is 29.5 Å². The van der Waals surface area contributed by atoms with Crippen molar-refractivity contribution < 1.29 is 9.84 Å². The molecule has 1 aliphatic rings. The Morgan fingerprint density at radius 3 is 3.00 bits per heavy atom. The molecule has 0 saturated heterocycles. The summed E-state index contributed by atoms with van der Waals surface area (Å²) in [6, 6.07) is 6.19. The molecule has 0 fully saturated rings. The Bertz CT molecular complexity index is 646. The molecular formula is C18H21ClO2S2. The maximum atomic E-state index is 9.19. The zero-order chi connectivity index (χ0) is 16.1. The summed E-state index contributed by atoms with van der Waals surface area (Å²) >= 11 is 9.30. The van der Waals surface area contributed by atoms with Crippen LogP contribution in [0.4, 0.5) is 0 Å². The third-order valence-electron chi connectivity index (χ3n) is 4.25. The third kappa shape index (κ3) is 4.60. The van der Waals surface area contributed by atoms with E-state index in [0.29, 0.717) is 16.9 Å². The largest absolute Gasteiger partial charge is 0.483 e. The quantitative estimate of drug-likeness (QED) is 0.606. The minimum absolute atomic E-state index is 0.0318. The second-order valence-corrected chi connectivity index (χ2v) is 8.47. The van der Waals surface area contributed by atoms with Gasteiger partial charge in [0.25, 0.3) is 0 Å². The summed E-state index contributed by atoms with van der Waals surface area (Å²) in [6.45, 7) is 0.683. The van der Waals surface area contributed by atoms with Gasteiger partial charge in [0, 0.05) is 16.4 Å². The molecule has 0 aliphatic heterocycles. The second-order valence-electron chi connectivity index (χ2n) is 5.82. The summed E-state index contributed by atoms with van der Waals surface area (Å²) in [4.78, 5) is 1.47. The Kier molecular flexibility index (Phi) is 6.17. The lowest BCUT2D eigenvalue weighted by Crippen LogP contribution is -2.11. The van der Waals surface area contributed by atoms with Crippen molar-refractivity contribution in [2.24, 2.45) is 5.92 Å². The van der Waals surface area contributed by atoms with Crippen LogP contribution in [0.3, 0.4) is 0 Å². The molecule has 0 saturated carbocycles. The molecule has 1 aliphatic carbocycles. The fourth-order valence-electron chi connectivity index (χ4n) is 2.98. The normalized spacial score (nSPS) is 17.5. The van der Waals surface area contributed by atoms with Crippen LogP contribution in [-0.4, -0.2) is 11.7 Å². The van der Waals surface area contributed by atoms with Crippen molar-refractivity contribution in [2.45, 2.75) is 38.7 Å². The van der Waals surface area contributed by atoms with Crippen LogP contribution in [-0.2, 0) is 13.0 Å². The maximum Gasteiger partial charge on any atom is 0.175 e. The minimum atomic E-state index is -0.0318. The molecule has 0 aromatic carbocycles. The fourth-order valence-corrected chi connectivity index (χ4v) is 4.84. The summed E-state index contributed by atoms with van der Waals surface area (Å²) in [7, 11) is 0. The van der Waals surface area contributed by atoms with Crippen molar-refractivity contribution in [1.82, 2.24) is 0 Å². The number of ether oxygens (including phenoxy) is 1. The number of aliphatic hydroxyl groups excluding tert-OH is 1. The Morgan fingerprint density at radius 1 is 1.35 bits per heavy atom. The van der Waals surface area contributed by atoms with E-state index in [9.17, 15) is 5.11 Å². The van der Waals surface area contributed by atoms with Gasteiger partial charge in [-0.15, -0.1) is 11.3 Å². The van der Waals surface area contributed by atoms with Gasteiger partial charge < -0.3 is 9.84 Å². The van der Waals surface area contributed by atoms with E-state index < -0.39 is 0 Å². The van der Waals surface area contributed by atoms with Crippen LogP contribution in [0.1, 0.15) is 36.1 Å². The molecular weight excluding hydrogens is 348 g/mol. The molecule has 2 aromatic heterocycles. The Labute approximate surface area is 150 Å². The average molecular weight is 369 g/mol. The molecule has 3 rings (SSSR count). The molecule has 0 bridgehead atoms. The highest BCUT2D eigenvalue weighted by Gasteiger charge is 2.20. The summed E-state index contributed by atoms with van der Waals surface area (Å²) < 4.78 is 6.55. The summed E-state index contributed by atoms with van der Waals surface area (Å²) in [5.74, 6) is 0.525. The highest BCUT2D eigenvalue weighted by Crippen LogP contribution is 2.35. The Morgan fingerprint density at radius 2 is 2.26 bits per heavy atom. The van der Waals surface area contributed by atoms with E-state index in [4.69, 9.17) is 16.3 Å². The van der Waals surface area contributed by atoms with Gasteiger partial charge in [-0.05, 0) is 49.6 Å². The van der Waals surface area contributed by atoms with E-state index in [2.05, 4.69) is 23.6 Å². The first-order valence-corrected chi connectivity index (χ1v) is 10.1. The van der Waals surface area contributed by atoms with Crippen LogP contribution in [0.25, 0.3) is 0 Å². The first kappa shape index (κ1) is 17.0. The number of hydrogen-bond acceptors (Lipinski definition) is 4. The van der Waals surface area contributed by atoms with Gasteiger partial charge in [0.05, 0.1) is 13.2 Å². The molecule has 0 unspecified atom stereocenters.